The average molecular weight is 428 g/mol. The van der Waals surface area contributed by atoms with Crippen molar-refractivity contribution in [3.63, 3.8) is 0 Å². The molecular formula is C25H33NO5. The molecule has 2 aromatic carbocycles. The third kappa shape index (κ3) is 8.15. The van der Waals surface area contributed by atoms with E-state index in [1.807, 2.05) is 19.1 Å². The Bertz CT molecular complexity index is 884. The lowest BCUT2D eigenvalue weighted by atomic mass is 9.91. The van der Waals surface area contributed by atoms with Crippen molar-refractivity contribution in [2.45, 2.75) is 53.2 Å². The van der Waals surface area contributed by atoms with Crippen LogP contribution in [0.4, 0.5) is 0 Å². The highest BCUT2D eigenvalue weighted by Crippen LogP contribution is 2.26. The minimum absolute atomic E-state index is 0.0327. The van der Waals surface area contributed by atoms with Crippen molar-refractivity contribution in [2.24, 2.45) is 5.41 Å². The third-order valence-corrected chi connectivity index (χ3v) is 4.82. The molecule has 0 aliphatic carbocycles. The summed E-state index contributed by atoms with van der Waals surface area (Å²) in [5.41, 5.74) is 2.67. The number of esters is 2. The molecule has 0 fully saturated rings. The van der Waals surface area contributed by atoms with Crippen molar-refractivity contribution in [3.8, 4) is 5.75 Å². The standard InChI is InChI=1S/C25H33NO5/c1-17-6-8-18(9-7-17)24(29)31-22-11-10-19(21(27)15-26-5)14-20(22)16-30-23(28)12-13-25(2,3)4/h6-11,14,21,26-27H,12-13,15-16H2,1-5H3. The summed E-state index contributed by atoms with van der Waals surface area (Å²) in [5.74, 6) is -0.509. The van der Waals surface area contributed by atoms with Crippen LogP contribution in [0, 0.1) is 12.3 Å². The van der Waals surface area contributed by atoms with Gasteiger partial charge in [0.1, 0.15) is 12.4 Å². The highest BCUT2D eigenvalue weighted by atomic mass is 16.5. The van der Waals surface area contributed by atoms with Gasteiger partial charge in [0, 0.05) is 18.5 Å². The van der Waals surface area contributed by atoms with Gasteiger partial charge in [0.2, 0.25) is 0 Å². The molecule has 0 aliphatic heterocycles. The summed E-state index contributed by atoms with van der Waals surface area (Å²) in [6.45, 7) is 8.46. The highest BCUT2D eigenvalue weighted by molar-refractivity contribution is 5.91. The molecule has 0 aliphatic rings. The average Bonchev–Trinajstić information content (AvgIpc) is 2.71. The monoisotopic (exact) mass is 427 g/mol. The van der Waals surface area contributed by atoms with E-state index in [1.54, 1.807) is 37.4 Å². The van der Waals surface area contributed by atoms with Gasteiger partial charge in [-0.25, -0.2) is 4.79 Å². The van der Waals surface area contributed by atoms with Crippen LogP contribution in [0.15, 0.2) is 42.5 Å². The van der Waals surface area contributed by atoms with Gasteiger partial charge in [-0.05, 0) is 55.6 Å². The minimum atomic E-state index is -0.734. The van der Waals surface area contributed by atoms with Crippen molar-refractivity contribution in [1.82, 2.24) is 5.32 Å². The number of hydrogen-bond acceptors (Lipinski definition) is 6. The molecule has 0 spiro atoms. The normalized spacial score (nSPS) is 12.3. The van der Waals surface area contributed by atoms with E-state index in [0.29, 0.717) is 41.8 Å². The Labute approximate surface area is 184 Å². The molecule has 1 unspecified atom stereocenters. The maximum Gasteiger partial charge on any atom is 0.343 e. The van der Waals surface area contributed by atoms with Crippen LogP contribution in [0.2, 0.25) is 0 Å². The van der Waals surface area contributed by atoms with Crippen LogP contribution in [-0.4, -0.2) is 30.6 Å². The number of hydrogen-bond donors (Lipinski definition) is 2. The van der Waals surface area contributed by atoms with Crippen LogP contribution in [0.5, 0.6) is 5.75 Å². The van der Waals surface area contributed by atoms with Crippen molar-refractivity contribution < 1.29 is 24.2 Å². The fraction of sp³-hybridized carbons (Fsp3) is 0.440. The van der Waals surface area contributed by atoms with E-state index in [-0.39, 0.29) is 18.0 Å². The van der Waals surface area contributed by atoms with Crippen molar-refractivity contribution >= 4 is 11.9 Å². The molecule has 0 saturated carbocycles. The molecule has 168 valence electrons. The van der Waals surface area contributed by atoms with Gasteiger partial charge in [-0.3, -0.25) is 4.79 Å². The smallest absolute Gasteiger partial charge is 0.343 e. The van der Waals surface area contributed by atoms with Gasteiger partial charge < -0.3 is 19.9 Å². The Morgan fingerprint density at radius 3 is 2.39 bits per heavy atom. The Morgan fingerprint density at radius 2 is 1.77 bits per heavy atom. The van der Waals surface area contributed by atoms with E-state index in [1.165, 1.54) is 0 Å². The molecule has 2 N–H and O–H groups in total. The zero-order valence-corrected chi connectivity index (χ0v) is 19.0. The highest BCUT2D eigenvalue weighted by Gasteiger charge is 2.18. The Kier molecular flexibility index (Phi) is 8.77. The van der Waals surface area contributed by atoms with E-state index in [4.69, 9.17) is 9.47 Å². The fourth-order valence-electron chi connectivity index (χ4n) is 2.89. The topological polar surface area (TPSA) is 84.9 Å². The first-order valence-electron chi connectivity index (χ1n) is 10.5. The second-order valence-corrected chi connectivity index (χ2v) is 8.92. The maximum atomic E-state index is 12.6. The van der Waals surface area contributed by atoms with Gasteiger partial charge in [0.05, 0.1) is 11.7 Å². The summed E-state index contributed by atoms with van der Waals surface area (Å²) in [4.78, 5) is 24.7. The first-order chi connectivity index (χ1) is 14.6. The number of nitrogens with one attached hydrogen (secondary N) is 1. The SMILES string of the molecule is CNCC(O)c1ccc(OC(=O)c2ccc(C)cc2)c(COC(=O)CCC(C)(C)C)c1. The molecule has 6 nitrogen and oxygen atoms in total. The van der Waals surface area contributed by atoms with Gasteiger partial charge in [-0.15, -0.1) is 0 Å². The quantitative estimate of drug-likeness (QED) is 0.458. The molecule has 0 aromatic heterocycles. The number of aryl methyl sites for hydroxylation is 1. The molecule has 2 aromatic rings. The molecule has 0 amide bonds. The maximum absolute atomic E-state index is 12.6. The lowest BCUT2D eigenvalue weighted by Gasteiger charge is -2.18. The van der Waals surface area contributed by atoms with Crippen LogP contribution in [0.25, 0.3) is 0 Å². The molecule has 31 heavy (non-hydrogen) atoms. The van der Waals surface area contributed by atoms with Crippen molar-refractivity contribution in [3.05, 3.63) is 64.7 Å². The number of ether oxygens (including phenoxy) is 2. The van der Waals surface area contributed by atoms with Gasteiger partial charge in [-0.1, -0.05) is 44.5 Å². The molecule has 2 rings (SSSR count). The van der Waals surface area contributed by atoms with E-state index in [0.717, 1.165) is 5.56 Å². The lowest BCUT2D eigenvalue weighted by molar-refractivity contribution is -0.145. The number of aliphatic hydroxyl groups excluding tert-OH is 1. The molecule has 0 radical (unpaired) electrons. The first-order valence-corrected chi connectivity index (χ1v) is 10.5. The third-order valence-electron chi connectivity index (χ3n) is 4.82. The van der Waals surface area contributed by atoms with E-state index in [2.05, 4.69) is 26.1 Å². The van der Waals surface area contributed by atoms with E-state index < -0.39 is 12.1 Å². The molecule has 0 heterocycles. The van der Waals surface area contributed by atoms with Crippen LogP contribution in [0.1, 0.15) is 66.8 Å². The summed E-state index contributed by atoms with van der Waals surface area (Å²) < 4.78 is 11.0. The molecule has 1 atom stereocenters. The summed E-state index contributed by atoms with van der Waals surface area (Å²) >= 11 is 0. The van der Waals surface area contributed by atoms with E-state index in [9.17, 15) is 14.7 Å². The zero-order valence-electron chi connectivity index (χ0n) is 19.0. The number of carbonyl (C=O) groups is 2. The van der Waals surface area contributed by atoms with Gasteiger partial charge in [0.25, 0.3) is 0 Å². The number of benzene rings is 2. The van der Waals surface area contributed by atoms with Crippen LogP contribution in [-0.2, 0) is 16.1 Å². The number of carbonyl (C=O) groups excluding carboxylic acids is 2. The summed E-state index contributed by atoms with van der Waals surface area (Å²) in [6.07, 6.45) is 0.286. The lowest BCUT2D eigenvalue weighted by Crippen LogP contribution is -2.17. The predicted octanol–water partition coefficient (Wildman–Crippen LogP) is 4.34. The Morgan fingerprint density at radius 1 is 1.10 bits per heavy atom. The number of aliphatic hydroxyl groups is 1. The van der Waals surface area contributed by atoms with Crippen LogP contribution >= 0.6 is 0 Å². The van der Waals surface area contributed by atoms with Crippen LogP contribution in [0.3, 0.4) is 0 Å². The Balaban J connectivity index is 2.18. The number of likely N-dealkylation sites (N-methyl/N-ethyl adjacent to an activating group) is 1. The second-order valence-electron chi connectivity index (χ2n) is 8.92. The summed E-state index contributed by atoms with van der Waals surface area (Å²) in [5, 5.41) is 13.2. The summed E-state index contributed by atoms with van der Waals surface area (Å²) in [7, 11) is 1.75. The van der Waals surface area contributed by atoms with Crippen LogP contribution < -0.4 is 10.1 Å². The van der Waals surface area contributed by atoms with Gasteiger partial charge >= 0.3 is 11.9 Å². The second kappa shape index (κ2) is 11.1. The molecule has 0 saturated heterocycles. The fourth-order valence-corrected chi connectivity index (χ4v) is 2.89. The van der Waals surface area contributed by atoms with Gasteiger partial charge in [-0.2, -0.15) is 0 Å². The largest absolute Gasteiger partial charge is 0.461 e. The van der Waals surface area contributed by atoms with Crippen molar-refractivity contribution in [2.75, 3.05) is 13.6 Å². The molecular weight excluding hydrogens is 394 g/mol. The minimum Gasteiger partial charge on any atom is -0.461 e. The molecule has 6 heteroatoms. The molecule has 0 bridgehead atoms. The first kappa shape index (κ1) is 24.6. The Hall–Kier alpha value is -2.70. The zero-order chi connectivity index (χ0) is 23.0. The van der Waals surface area contributed by atoms with Crippen molar-refractivity contribution in [1.29, 1.82) is 0 Å². The summed E-state index contributed by atoms with van der Waals surface area (Å²) in [6, 6.07) is 12.1. The van der Waals surface area contributed by atoms with Gasteiger partial charge in [0.15, 0.2) is 0 Å². The number of rotatable bonds is 9. The predicted molar refractivity (Wildman–Crippen MR) is 120 cm³/mol. The van der Waals surface area contributed by atoms with E-state index >= 15 is 0 Å².